The number of aromatic nitrogens is 1. The summed E-state index contributed by atoms with van der Waals surface area (Å²) in [5.41, 5.74) is 5.10. The molecule has 1 aromatic carbocycles. The molecule has 1 heterocycles. The summed E-state index contributed by atoms with van der Waals surface area (Å²) in [7, 11) is 0. The van der Waals surface area contributed by atoms with Crippen molar-refractivity contribution in [2.24, 2.45) is 0 Å². The quantitative estimate of drug-likeness (QED) is 0.821. The molecular weight excluding hydrogens is 256 g/mol. The molecule has 2 rings (SSSR count). The van der Waals surface area contributed by atoms with Gasteiger partial charge in [-0.2, -0.15) is 0 Å². The van der Waals surface area contributed by atoms with Gasteiger partial charge in [-0.05, 0) is 49.1 Å². The Balaban J connectivity index is 2.14. The third-order valence-electron chi connectivity index (χ3n) is 3.82. The van der Waals surface area contributed by atoms with Crippen LogP contribution in [0.4, 0.5) is 0 Å². The monoisotopic (exact) mass is 282 g/mol. The highest BCUT2D eigenvalue weighted by Gasteiger charge is 2.12. The highest BCUT2D eigenvalue weighted by Crippen LogP contribution is 2.19. The van der Waals surface area contributed by atoms with E-state index in [9.17, 15) is 0 Å². The van der Waals surface area contributed by atoms with Crippen molar-refractivity contribution in [1.82, 2.24) is 10.3 Å². The number of hydrogen-bond acceptors (Lipinski definition) is 2. The van der Waals surface area contributed by atoms with Gasteiger partial charge in [0.1, 0.15) is 0 Å². The number of hydrogen-bond donors (Lipinski definition) is 1. The van der Waals surface area contributed by atoms with Crippen molar-refractivity contribution in [3.05, 3.63) is 65.0 Å². The highest BCUT2D eigenvalue weighted by atomic mass is 14.9. The molecule has 0 saturated carbocycles. The van der Waals surface area contributed by atoms with Crippen LogP contribution in [0.5, 0.6) is 0 Å². The zero-order valence-electron chi connectivity index (χ0n) is 13.4. The summed E-state index contributed by atoms with van der Waals surface area (Å²) in [5, 5.41) is 3.65. The predicted molar refractivity (Wildman–Crippen MR) is 89.5 cm³/mol. The van der Waals surface area contributed by atoms with Crippen LogP contribution in [-0.2, 0) is 12.8 Å². The van der Waals surface area contributed by atoms with Crippen molar-refractivity contribution in [2.45, 2.75) is 46.1 Å². The van der Waals surface area contributed by atoms with Gasteiger partial charge in [-0.15, -0.1) is 0 Å². The Morgan fingerprint density at radius 3 is 2.38 bits per heavy atom. The van der Waals surface area contributed by atoms with Crippen LogP contribution in [0.2, 0.25) is 0 Å². The SMILES string of the molecule is CCCNC(Cc1ccc(C)cn1)c1ccc(CC)cc1. The summed E-state index contributed by atoms with van der Waals surface area (Å²) in [6.45, 7) is 7.51. The van der Waals surface area contributed by atoms with Crippen molar-refractivity contribution in [3.8, 4) is 0 Å². The van der Waals surface area contributed by atoms with Gasteiger partial charge in [0, 0.05) is 24.4 Å². The van der Waals surface area contributed by atoms with Gasteiger partial charge in [0.25, 0.3) is 0 Å². The molecular formula is C19H26N2. The first-order valence-electron chi connectivity index (χ1n) is 7.96. The van der Waals surface area contributed by atoms with Gasteiger partial charge >= 0.3 is 0 Å². The molecule has 2 nitrogen and oxygen atoms in total. The minimum absolute atomic E-state index is 0.339. The normalized spacial score (nSPS) is 12.3. The van der Waals surface area contributed by atoms with Gasteiger partial charge in [-0.3, -0.25) is 4.98 Å². The summed E-state index contributed by atoms with van der Waals surface area (Å²) < 4.78 is 0. The van der Waals surface area contributed by atoms with Crippen LogP contribution >= 0.6 is 0 Å². The molecule has 0 aliphatic heterocycles. The fourth-order valence-corrected chi connectivity index (χ4v) is 2.44. The first kappa shape index (κ1) is 15.7. The summed E-state index contributed by atoms with van der Waals surface area (Å²) in [6.07, 6.45) is 5.12. The molecule has 1 atom stereocenters. The first-order chi connectivity index (χ1) is 10.2. The minimum atomic E-state index is 0.339. The fraction of sp³-hybridized carbons (Fsp3) is 0.421. The van der Waals surface area contributed by atoms with Crippen molar-refractivity contribution < 1.29 is 0 Å². The van der Waals surface area contributed by atoms with Crippen molar-refractivity contribution in [1.29, 1.82) is 0 Å². The zero-order chi connectivity index (χ0) is 15.1. The van der Waals surface area contributed by atoms with Crippen molar-refractivity contribution >= 4 is 0 Å². The number of nitrogens with zero attached hydrogens (tertiary/aromatic N) is 1. The van der Waals surface area contributed by atoms with Crippen molar-refractivity contribution in [3.63, 3.8) is 0 Å². The molecule has 2 aromatic rings. The molecule has 1 aromatic heterocycles. The average molecular weight is 282 g/mol. The van der Waals surface area contributed by atoms with Crippen LogP contribution in [0, 0.1) is 6.92 Å². The molecule has 112 valence electrons. The van der Waals surface area contributed by atoms with Gasteiger partial charge in [0.2, 0.25) is 0 Å². The summed E-state index contributed by atoms with van der Waals surface area (Å²) in [4.78, 5) is 4.55. The Hall–Kier alpha value is -1.67. The number of benzene rings is 1. The van der Waals surface area contributed by atoms with Crippen LogP contribution in [0.15, 0.2) is 42.6 Å². The van der Waals surface area contributed by atoms with Gasteiger partial charge in [-0.25, -0.2) is 0 Å². The summed E-state index contributed by atoms with van der Waals surface area (Å²) in [6, 6.07) is 13.6. The lowest BCUT2D eigenvalue weighted by Gasteiger charge is -2.19. The molecule has 0 radical (unpaired) electrons. The van der Waals surface area contributed by atoms with Crippen LogP contribution in [0.25, 0.3) is 0 Å². The number of pyridine rings is 1. The van der Waals surface area contributed by atoms with Gasteiger partial charge < -0.3 is 5.32 Å². The second kappa shape index (κ2) is 7.94. The maximum Gasteiger partial charge on any atom is 0.0422 e. The maximum atomic E-state index is 4.55. The maximum absolute atomic E-state index is 4.55. The van der Waals surface area contributed by atoms with Crippen LogP contribution in [-0.4, -0.2) is 11.5 Å². The van der Waals surface area contributed by atoms with Crippen LogP contribution in [0.3, 0.4) is 0 Å². The minimum Gasteiger partial charge on any atom is -0.310 e. The third-order valence-corrected chi connectivity index (χ3v) is 3.82. The van der Waals surface area contributed by atoms with Crippen molar-refractivity contribution in [2.75, 3.05) is 6.54 Å². The molecule has 0 spiro atoms. The van der Waals surface area contributed by atoms with Gasteiger partial charge in [0.05, 0.1) is 0 Å². The van der Waals surface area contributed by atoms with Crippen LogP contribution in [0.1, 0.15) is 48.7 Å². The van der Waals surface area contributed by atoms with Crippen LogP contribution < -0.4 is 5.32 Å². The lowest BCUT2D eigenvalue weighted by Crippen LogP contribution is -2.24. The van der Waals surface area contributed by atoms with Gasteiger partial charge in [-0.1, -0.05) is 44.2 Å². The van der Waals surface area contributed by atoms with E-state index in [1.165, 1.54) is 16.7 Å². The van der Waals surface area contributed by atoms with E-state index < -0.39 is 0 Å². The molecule has 1 N–H and O–H groups in total. The van der Waals surface area contributed by atoms with Gasteiger partial charge in [0.15, 0.2) is 0 Å². The number of aryl methyl sites for hydroxylation is 2. The molecule has 0 bridgehead atoms. The molecule has 0 amide bonds. The molecule has 0 saturated heterocycles. The largest absolute Gasteiger partial charge is 0.310 e. The number of nitrogens with one attached hydrogen (secondary N) is 1. The molecule has 2 heteroatoms. The average Bonchev–Trinajstić information content (AvgIpc) is 2.53. The van der Waals surface area contributed by atoms with E-state index in [0.717, 1.165) is 31.5 Å². The molecule has 0 fully saturated rings. The molecule has 1 unspecified atom stereocenters. The molecule has 21 heavy (non-hydrogen) atoms. The van der Waals surface area contributed by atoms with E-state index >= 15 is 0 Å². The Kier molecular flexibility index (Phi) is 5.94. The molecule has 0 aliphatic carbocycles. The fourth-order valence-electron chi connectivity index (χ4n) is 2.44. The molecule has 0 aliphatic rings. The van der Waals surface area contributed by atoms with E-state index in [2.05, 4.69) is 67.5 Å². The zero-order valence-corrected chi connectivity index (χ0v) is 13.4. The Morgan fingerprint density at radius 1 is 1.05 bits per heavy atom. The predicted octanol–water partition coefficient (Wildman–Crippen LogP) is 4.24. The lowest BCUT2D eigenvalue weighted by atomic mass is 9.99. The smallest absolute Gasteiger partial charge is 0.0422 e. The van der Waals surface area contributed by atoms with E-state index in [-0.39, 0.29) is 0 Å². The summed E-state index contributed by atoms with van der Waals surface area (Å²) >= 11 is 0. The summed E-state index contributed by atoms with van der Waals surface area (Å²) in [5.74, 6) is 0. The van der Waals surface area contributed by atoms with E-state index in [4.69, 9.17) is 0 Å². The highest BCUT2D eigenvalue weighted by molar-refractivity contribution is 5.26. The van der Waals surface area contributed by atoms with E-state index in [1.807, 2.05) is 6.20 Å². The Morgan fingerprint density at radius 2 is 1.81 bits per heavy atom. The number of rotatable bonds is 7. The first-order valence-corrected chi connectivity index (χ1v) is 7.96. The topological polar surface area (TPSA) is 24.9 Å². The lowest BCUT2D eigenvalue weighted by molar-refractivity contribution is 0.524. The second-order valence-corrected chi connectivity index (χ2v) is 5.63. The van der Waals surface area contributed by atoms with E-state index in [1.54, 1.807) is 0 Å². The van der Waals surface area contributed by atoms with E-state index in [0.29, 0.717) is 6.04 Å². The third kappa shape index (κ3) is 4.68. The second-order valence-electron chi connectivity index (χ2n) is 5.63. The Bertz CT molecular complexity index is 528. The standard InChI is InChI=1S/C19H26N2/c1-4-12-20-19(13-18-11-6-15(3)14-21-18)17-9-7-16(5-2)8-10-17/h6-11,14,19-20H,4-5,12-13H2,1-3H3. The Labute approximate surface area is 128 Å².